The maximum Gasteiger partial charge on any atom is 0.211 e. The number of aromatic hydroxyl groups is 1. The van der Waals surface area contributed by atoms with Crippen molar-refractivity contribution in [2.75, 3.05) is 7.11 Å². The Morgan fingerprint density at radius 1 is 1.00 bits per heavy atom. The van der Waals surface area contributed by atoms with E-state index in [1.165, 1.54) is 6.07 Å². The number of nitrogens with zero attached hydrogens (tertiary/aromatic N) is 2. The van der Waals surface area contributed by atoms with Crippen molar-refractivity contribution in [3.8, 4) is 22.8 Å². The molecule has 0 saturated heterocycles. The minimum atomic E-state index is -0.00439. The minimum absolute atomic E-state index is 0.00439. The van der Waals surface area contributed by atoms with E-state index in [1.807, 2.05) is 30.3 Å². The Balaban J connectivity index is 2.20. The van der Waals surface area contributed by atoms with Crippen molar-refractivity contribution in [3.63, 3.8) is 0 Å². The lowest BCUT2D eigenvalue weighted by atomic mass is 10.0. The number of benzene rings is 1. The number of rotatable bonds is 2. The summed E-state index contributed by atoms with van der Waals surface area (Å²) in [6, 6.07) is 12.9. The van der Waals surface area contributed by atoms with Crippen LogP contribution in [0.2, 0.25) is 0 Å². The topological polar surface area (TPSA) is 55.2 Å². The minimum Gasteiger partial charge on any atom is -0.497 e. The predicted octanol–water partition coefficient (Wildman–Crippen LogP) is 3.01. The lowest BCUT2D eigenvalue weighted by Gasteiger charge is -2.06. The largest absolute Gasteiger partial charge is 0.497 e. The summed E-state index contributed by atoms with van der Waals surface area (Å²) in [5.74, 6) is 0.799. The van der Waals surface area contributed by atoms with Gasteiger partial charge in [0.25, 0.3) is 0 Å². The van der Waals surface area contributed by atoms with Gasteiger partial charge >= 0.3 is 0 Å². The van der Waals surface area contributed by atoms with Gasteiger partial charge in [-0.05, 0) is 29.8 Å². The Labute approximate surface area is 110 Å². The lowest BCUT2D eigenvalue weighted by molar-refractivity contribution is 0.415. The van der Waals surface area contributed by atoms with Gasteiger partial charge in [-0.1, -0.05) is 12.1 Å². The van der Waals surface area contributed by atoms with E-state index in [-0.39, 0.29) is 5.88 Å². The molecular weight excluding hydrogens is 240 g/mol. The van der Waals surface area contributed by atoms with E-state index >= 15 is 0 Å². The molecule has 3 rings (SSSR count). The summed E-state index contributed by atoms with van der Waals surface area (Å²) >= 11 is 0. The molecular formula is C15H12N2O2. The van der Waals surface area contributed by atoms with Crippen molar-refractivity contribution in [2.45, 2.75) is 0 Å². The van der Waals surface area contributed by atoms with Crippen LogP contribution in [0, 0.1) is 0 Å². The molecule has 0 aliphatic heterocycles. The highest BCUT2D eigenvalue weighted by molar-refractivity contribution is 5.91. The third-order valence-electron chi connectivity index (χ3n) is 2.97. The third kappa shape index (κ3) is 2.08. The van der Waals surface area contributed by atoms with Crippen LogP contribution < -0.4 is 4.74 Å². The van der Waals surface area contributed by atoms with E-state index in [0.29, 0.717) is 5.52 Å². The Hall–Kier alpha value is -2.62. The van der Waals surface area contributed by atoms with Gasteiger partial charge in [0.05, 0.1) is 12.6 Å². The van der Waals surface area contributed by atoms with Crippen molar-refractivity contribution >= 4 is 11.0 Å². The average molecular weight is 252 g/mol. The van der Waals surface area contributed by atoms with E-state index < -0.39 is 0 Å². The summed E-state index contributed by atoms with van der Waals surface area (Å²) in [6.45, 7) is 0. The Morgan fingerprint density at radius 2 is 1.79 bits per heavy atom. The Morgan fingerprint density at radius 3 is 2.53 bits per heavy atom. The van der Waals surface area contributed by atoms with Crippen LogP contribution in [0.1, 0.15) is 0 Å². The SMILES string of the molecule is COc1ccc(-c2ccnc3ccc(O)nc23)cc1. The molecule has 1 aromatic carbocycles. The van der Waals surface area contributed by atoms with Gasteiger partial charge in [0.2, 0.25) is 5.88 Å². The van der Waals surface area contributed by atoms with E-state index in [9.17, 15) is 5.11 Å². The highest BCUT2D eigenvalue weighted by Gasteiger charge is 2.07. The number of methoxy groups -OCH3 is 1. The highest BCUT2D eigenvalue weighted by atomic mass is 16.5. The highest BCUT2D eigenvalue weighted by Crippen LogP contribution is 2.28. The van der Waals surface area contributed by atoms with Gasteiger partial charge in [0, 0.05) is 17.8 Å². The van der Waals surface area contributed by atoms with E-state index in [1.54, 1.807) is 19.4 Å². The molecule has 3 aromatic rings. The second-order valence-electron chi connectivity index (χ2n) is 4.12. The number of hydrogen-bond acceptors (Lipinski definition) is 4. The van der Waals surface area contributed by atoms with Crippen molar-refractivity contribution in [3.05, 3.63) is 48.7 Å². The molecule has 0 amide bonds. The molecule has 4 heteroatoms. The van der Waals surface area contributed by atoms with Crippen LogP contribution in [0.5, 0.6) is 11.6 Å². The van der Waals surface area contributed by atoms with Crippen LogP contribution >= 0.6 is 0 Å². The Bertz CT molecular complexity index is 724. The summed E-state index contributed by atoms with van der Waals surface area (Å²) in [6.07, 6.45) is 1.74. The molecule has 0 unspecified atom stereocenters. The molecule has 0 saturated carbocycles. The first-order valence-corrected chi connectivity index (χ1v) is 5.87. The maximum atomic E-state index is 9.52. The second kappa shape index (κ2) is 4.57. The summed E-state index contributed by atoms with van der Waals surface area (Å²) < 4.78 is 5.14. The summed E-state index contributed by atoms with van der Waals surface area (Å²) in [5, 5.41) is 9.52. The molecule has 4 nitrogen and oxygen atoms in total. The lowest BCUT2D eigenvalue weighted by Crippen LogP contribution is -1.88. The smallest absolute Gasteiger partial charge is 0.211 e. The molecule has 19 heavy (non-hydrogen) atoms. The number of aromatic nitrogens is 2. The molecule has 94 valence electrons. The molecule has 0 aliphatic rings. The van der Waals surface area contributed by atoms with Gasteiger partial charge < -0.3 is 9.84 Å². The fourth-order valence-electron chi connectivity index (χ4n) is 2.02. The molecule has 0 radical (unpaired) electrons. The molecule has 0 bridgehead atoms. The molecule has 0 fully saturated rings. The molecule has 2 heterocycles. The zero-order chi connectivity index (χ0) is 13.2. The molecule has 0 spiro atoms. The Kier molecular flexibility index (Phi) is 2.76. The van der Waals surface area contributed by atoms with Gasteiger partial charge in [0.1, 0.15) is 11.3 Å². The monoisotopic (exact) mass is 252 g/mol. The van der Waals surface area contributed by atoms with Crippen LogP contribution in [0.4, 0.5) is 0 Å². The average Bonchev–Trinajstić information content (AvgIpc) is 2.47. The van der Waals surface area contributed by atoms with Crippen LogP contribution in [0.25, 0.3) is 22.2 Å². The summed E-state index contributed by atoms with van der Waals surface area (Å²) in [5.41, 5.74) is 3.38. The first-order valence-electron chi connectivity index (χ1n) is 5.87. The molecule has 2 aromatic heterocycles. The van der Waals surface area contributed by atoms with Gasteiger partial charge in [-0.2, -0.15) is 0 Å². The number of pyridine rings is 2. The zero-order valence-corrected chi connectivity index (χ0v) is 10.4. The quantitative estimate of drug-likeness (QED) is 0.761. The van der Waals surface area contributed by atoms with Crippen molar-refractivity contribution in [1.82, 2.24) is 9.97 Å². The number of ether oxygens (including phenoxy) is 1. The fourth-order valence-corrected chi connectivity index (χ4v) is 2.02. The van der Waals surface area contributed by atoms with Gasteiger partial charge in [-0.15, -0.1) is 0 Å². The molecule has 1 N–H and O–H groups in total. The van der Waals surface area contributed by atoms with Crippen LogP contribution in [-0.2, 0) is 0 Å². The first-order chi connectivity index (χ1) is 9.28. The fraction of sp³-hybridized carbons (Fsp3) is 0.0667. The third-order valence-corrected chi connectivity index (χ3v) is 2.97. The van der Waals surface area contributed by atoms with Gasteiger partial charge in [-0.3, -0.25) is 4.98 Å². The number of hydrogen-bond donors (Lipinski definition) is 1. The number of fused-ring (bicyclic) bond motifs is 1. The normalized spacial score (nSPS) is 10.6. The van der Waals surface area contributed by atoms with Gasteiger partial charge in [0.15, 0.2) is 0 Å². The molecule has 0 atom stereocenters. The van der Waals surface area contributed by atoms with Crippen LogP contribution in [0.3, 0.4) is 0 Å². The van der Waals surface area contributed by atoms with Crippen molar-refractivity contribution in [1.29, 1.82) is 0 Å². The zero-order valence-electron chi connectivity index (χ0n) is 10.4. The van der Waals surface area contributed by atoms with E-state index in [4.69, 9.17) is 4.74 Å². The van der Waals surface area contributed by atoms with Crippen molar-refractivity contribution < 1.29 is 9.84 Å². The van der Waals surface area contributed by atoms with Crippen molar-refractivity contribution in [2.24, 2.45) is 0 Å². The van der Waals surface area contributed by atoms with Gasteiger partial charge in [-0.25, -0.2) is 4.98 Å². The standard InChI is InChI=1S/C15H12N2O2/c1-19-11-4-2-10(3-5-11)12-8-9-16-13-6-7-14(18)17-15(12)13/h2-9H,1H3,(H,17,18). The second-order valence-corrected chi connectivity index (χ2v) is 4.12. The van der Waals surface area contributed by atoms with Crippen LogP contribution in [0.15, 0.2) is 48.7 Å². The predicted molar refractivity (Wildman–Crippen MR) is 73.2 cm³/mol. The summed E-state index contributed by atoms with van der Waals surface area (Å²) in [4.78, 5) is 8.40. The van der Waals surface area contributed by atoms with Crippen LogP contribution in [-0.4, -0.2) is 22.2 Å². The van der Waals surface area contributed by atoms with E-state index in [0.717, 1.165) is 22.4 Å². The molecule has 0 aliphatic carbocycles. The first kappa shape index (κ1) is 11.5. The van der Waals surface area contributed by atoms with E-state index in [2.05, 4.69) is 9.97 Å². The summed E-state index contributed by atoms with van der Waals surface area (Å²) in [7, 11) is 1.64. The maximum absolute atomic E-state index is 9.52.